The van der Waals surface area contributed by atoms with Gasteiger partial charge in [-0.25, -0.2) is 10.4 Å². The summed E-state index contributed by atoms with van der Waals surface area (Å²) in [6, 6.07) is 12.4. The van der Waals surface area contributed by atoms with Gasteiger partial charge in [0.1, 0.15) is 10.8 Å². The number of nitrogen functional groups attached to an aromatic ring is 1. The van der Waals surface area contributed by atoms with Gasteiger partial charge in [-0.15, -0.1) is 22.7 Å². The van der Waals surface area contributed by atoms with E-state index in [1.165, 1.54) is 16.9 Å². The molecule has 0 radical (unpaired) electrons. The van der Waals surface area contributed by atoms with Crippen LogP contribution in [0.3, 0.4) is 0 Å². The highest BCUT2D eigenvalue weighted by molar-refractivity contribution is 7.16. The molecule has 0 spiro atoms. The van der Waals surface area contributed by atoms with Gasteiger partial charge in [-0.1, -0.05) is 30.3 Å². The van der Waals surface area contributed by atoms with Crippen LogP contribution >= 0.6 is 22.7 Å². The summed E-state index contributed by atoms with van der Waals surface area (Å²) in [6.07, 6.45) is 2.11. The summed E-state index contributed by atoms with van der Waals surface area (Å²) in [7, 11) is 0. The summed E-state index contributed by atoms with van der Waals surface area (Å²) in [6.45, 7) is 2.90. The highest BCUT2D eigenvalue weighted by Crippen LogP contribution is 2.33. The van der Waals surface area contributed by atoms with Gasteiger partial charge < -0.3 is 11.2 Å². The molecule has 0 fully saturated rings. The molecule has 0 aliphatic carbocycles. The number of benzene rings is 1. The SMILES string of the molecule is Cc1sc(C(=N)N)cc1-c1nc(NNCCCc2ccccc2)cs1. The van der Waals surface area contributed by atoms with Crippen molar-refractivity contribution in [1.82, 2.24) is 10.4 Å². The summed E-state index contributed by atoms with van der Waals surface area (Å²) in [5, 5.41) is 10.5. The van der Waals surface area contributed by atoms with Crippen LogP contribution in [-0.4, -0.2) is 17.4 Å². The topological polar surface area (TPSA) is 86.8 Å². The van der Waals surface area contributed by atoms with E-state index < -0.39 is 0 Å². The summed E-state index contributed by atoms with van der Waals surface area (Å²) < 4.78 is 0. The van der Waals surface area contributed by atoms with E-state index in [-0.39, 0.29) is 5.84 Å². The molecule has 0 amide bonds. The largest absolute Gasteiger partial charge is 0.383 e. The van der Waals surface area contributed by atoms with E-state index in [0.717, 1.165) is 45.5 Å². The Morgan fingerprint density at radius 2 is 2.08 bits per heavy atom. The fraction of sp³-hybridized carbons (Fsp3) is 0.222. The molecular formula is C18H21N5S2. The van der Waals surface area contributed by atoms with Crippen LogP contribution in [0.15, 0.2) is 41.8 Å². The molecule has 1 aromatic carbocycles. The van der Waals surface area contributed by atoms with Crippen molar-refractivity contribution in [3.8, 4) is 10.6 Å². The van der Waals surface area contributed by atoms with Crippen molar-refractivity contribution in [2.75, 3.05) is 12.0 Å². The zero-order chi connectivity index (χ0) is 17.6. The fourth-order valence-electron chi connectivity index (χ4n) is 2.46. The molecule has 0 bridgehead atoms. The molecule has 3 aromatic rings. The van der Waals surface area contributed by atoms with Crippen LogP contribution in [0.1, 0.15) is 21.7 Å². The minimum atomic E-state index is 0.106. The zero-order valence-corrected chi connectivity index (χ0v) is 15.6. The molecule has 0 saturated heterocycles. The Balaban J connectivity index is 1.49. The Morgan fingerprint density at radius 1 is 1.28 bits per heavy atom. The number of nitrogens with two attached hydrogens (primary N) is 1. The molecule has 25 heavy (non-hydrogen) atoms. The normalized spacial score (nSPS) is 10.8. The van der Waals surface area contributed by atoms with E-state index in [2.05, 4.69) is 40.1 Å². The number of nitrogens with one attached hydrogen (secondary N) is 3. The maximum absolute atomic E-state index is 7.55. The Labute approximate surface area is 155 Å². The molecule has 0 aliphatic rings. The fourth-order valence-corrected chi connectivity index (χ4v) is 4.23. The van der Waals surface area contributed by atoms with Gasteiger partial charge in [0, 0.05) is 22.4 Å². The molecule has 130 valence electrons. The minimum absolute atomic E-state index is 0.106. The third-order valence-corrected chi connectivity index (χ3v) is 5.70. The maximum Gasteiger partial charge on any atom is 0.151 e. The maximum atomic E-state index is 7.55. The van der Waals surface area contributed by atoms with Crippen molar-refractivity contribution < 1.29 is 0 Å². The zero-order valence-electron chi connectivity index (χ0n) is 14.0. The first-order valence-electron chi connectivity index (χ1n) is 8.07. The predicted molar refractivity (Wildman–Crippen MR) is 108 cm³/mol. The van der Waals surface area contributed by atoms with Crippen LogP contribution < -0.4 is 16.6 Å². The van der Waals surface area contributed by atoms with Crippen molar-refractivity contribution in [2.45, 2.75) is 19.8 Å². The Kier molecular flexibility index (Phi) is 5.80. The van der Waals surface area contributed by atoms with E-state index in [4.69, 9.17) is 11.1 Å². The second-order valence-corrected chi connectivity index (χ2v) is 7.79. The average molecular weight is 372 g/mol. The van der Waals surface area contributed by atoms with Gasteiger partial charge in [-0.3, -0.25) is 5.41 Å². The van der Waals surface area contributed by atoms with Crippen LogP contribution in [0.2, 0.25) is 0 Å². The number of hydrogen-bond donors (Lipinski definition) is 4. The third kappa shape index (κ3) is 4.66. The van der Waals surface area contributed by atoms with Crippen molar-refractivity contribution in [3.05, 3.63) is 57.1 Å². The van der Waals surface area contributed by atoms with Crippen molar-refractivity contribution in [3.63, 3.8) is 0 Å². The number of rotatable bonds is 8. The number of anilines is 1. The first kappa shape index (κ1) is 17.6. The molecule has 3 rings (SSSR count). The molecule has 5 nitrogen and oxygen atoms in total. The lowest BCUT2D eigenvalue weighted by molar-refractivity contribution is 0.714. The Morgan fingerprint density at radius 3 is 2.80 bits per heavy atom. The van der Waals surface area contributed by atoms with Crippen LogP contribution in [-0.2, 0) is 6.42 Å². The second kappa shape index (κ2) is 8.24. The molecule has 7 heteroatoms. The van der Waals surface area contributed by atoms with Gasteiger partial charge in [0.05, 0.1) is 4.88 Å². The summed E-state index contributed by atoms with van der Waals surface area (Å²) in [4.78, 5) is 6.53. The standard InChI is InChI=1S/C18H21N5S2/c1-12-14(10-15(25-12)17(19)20)18-22-16(11-24-18)23-21-9-5-8-13-6-3-2-4-7-13/h2-4,6-7,10-11,21,23H,5,8-9H2,1H3,(H3,19,20). The molecular weight excluding hydrogens is 350 g/mol. The molecule has 2 aromatic heterocycles. The van der Waals surface area contributed by atoms with E-state index in [0.29, 0.717) is 0 Å². The molecule has 0 saturated carbocycles. The van der Waals surface area contributed by atoms with Gasteiger partial charge in [0.25, 0.3) is 0 Å². The number of nitrogens with zero attached hydrogens (tertiary/aromatic N) is 1. The van der Waals surface area contributed by atoms with Gasteiger partial charge in [0.15, 0.2) is 5.82 Å². The van der Waals surface area contributed by atoms with Crippen LogP contribution in [0.4, 0.5) is 5.82 Å². The third-order valence-electron chi connectivity index (χ3n) is 3.74. The van der Waals surface area contributed by atoms with Crippen LogP contribution in [0.25, 0.3) is 10.6 Å². The molecule has 5 N–H and O–H groups in total. The average Bonchev–Trinajstić information content (AvgIpc) is 3.22. The van der Waals surface area contributed by atoms with E-state index in [1.54, 1.807) is 11.3 Å². The van der Waals surface area contributed by atoms with Crippen LogP contribution in [0, 0.1) is 12.3 Å². The lowest BCUT2D eigenvalue weighted by Gasteiger charge is -2.05. The van der Waals surface area contributed by atoms with E-state index >= 15 is 0 Å². The smallest absolute Gasteiger partial charge is 0.151 e. The predicted octanol–water partition coefficient (Wildman–Crippen LogP) is 4.01. The second-order valence-electron chi connectivity index (χ2n) is 5.67. The highest BCUT2D eigenvalue weighted by Gasteiger charge is 2.12. The van der Waals surface area contributed by atoms with E-state index in [9.17, 15) is 0 Å². The number of thiazole rings is 1. The minimum Gasteiger partial charge on any atom is -0.383 e. The van der Waals surface area contributed by atoms with Gasteiger partial charge in [-0.2, -0.15) is 0 Å². The van der Waals surface area contributed by atoms with Crippen molar-refractivity contribution in [2.24, 2.45) is 5.73 Å². The number of aromatic nitrogens is 1. The lowest BCUT2D eigenvalue weighted by atomic mass is 10.1. The monoisotopic (exact) mass is 371 g/mol. The van der Waals surface area contributed by atoms with Gasteiger partial charge in [0.2, 0.25) is 0 Å². The summed E-state index contributed by atoms with van der Waals surface area (Å²) in [5.74, 6) is 0.920. The number of thiophene rings is 1. The van der Waals surface area contributed by atoms with Crippen molar-refractivity contribution >= 4 is 34.3 Å². The van der Waals surface area contributed by atoms with Gasteiger partial charge in [-0.05, 0) is 31.4 Å². The first-order valence-corrected chi connectivity index (χ1v) is 9.76. The Hall–Kier alpha value is -2.22. The number of hydrazine groups is 1. The lowest BCUT2D eigenvalue weighted by Crippen LogP contribution is -2.23. The quantitative estimate of drug-likeness (QED) is 0.208. The van der Waals surface area contributed by atoms with Crippen LogP contribution in [0.5, 0.6) is 0 Å². The number of amidine groups is 1. The van der Waals surface area contributed by atoms with Crippen molar-refractivity contribution in [1.29, 1.82) is 5.41 Å². The van der Waals surface area contributed by atoms with Gasteiger partial charge >= 0.3 is 0 Å². The molecule has 0 atom stereocenters. The molecule has 0 aliphatic heterocycles. The highest BCUT2D eigenvalue weighted by atomic mass is 32.1. The number of aryl methyl sites for hydroxylation is 2. The number of hydrogen-bond acceptors (Lipinski definition) is 6. The molecule has 0 unspecified atom stereocenters. The summed E-state index contributed by atoms with van der Waals surface area (Å²) >= 11 is 3.11. The first-order chi connectivity index (χ1) is 12.1. The van der Waals surface area contributed by atoms with E-state index in [1.807, 2.05) is 24.4 Å². The Bertz CT molecular complexity index is 838. The molecule has 2 heterocycles. The summed E-state index contributed by atoms with van der Waals surface area (Å²) in [5.41, 5.74) is 14.4.